The van der Waals surface area contributed by atoms with E-state index in [4.69, 9.17) is 11.6 Å². The lowest BCUT2D eigenvalue weighted by Crippen LogP contribution is -1.88. The number of benzene rings is 1. The molecule has 0 aliphatic rings. The molecule has 20 heavy (non-hydrogen) atoms. The van der Waals surface area contributed by atoms with Gasteiger partial charge in [-0.25, -0.2) is 15.0 Å². The lowest BCUT2D eigenvalue weighted by atomic mass is 10.1. The summed E-state index contributed by atoms with van der Waals surface area (Å²) in [6.45, 7) is -0.161. The normalized spacial score (nSPS) is 10.7. The Morgan fingerprint density at radius 3 is 2.60 bits per heavy atom. The van der Waals surface area contributed by atoms with Crippen molar-refractivity contribution in [3.8, 4) is 22.6 Å². The highest BCUT2D eigenvalue weighted by Gasteiger charge is 2.14. The van der Waals surface area contributed by atoms with Crippen molar-refractivity contribution in [2.45, 2.75) is 6.61 Å². The third kappa shape index (κ3) is 2.41. The molecule has 0 spiro atoms. The predicted octanol–water partition coefficient (Wildman–Crippen LogP) is 2.68. The molecule has 2 N–H and O–H groups in total. The number of nitrogens with zero attached hydrogens (tertiary/aromatic N) is 3. The maximum absolute atomic E-state index is 9.27. The maximum Gasteiger partial charge on any atom is 0.133 e. The number of aliphatic hydroxyl groups excluding tert-OH is 1. The van der Waals surface area contributed by atoms with E-state index in [0.29, 0.717) is 10.8 Å². The molecule has 0 radical (unpaired) electrons. The Bertz CT molecular complexity index is 710. The van der Waals surface area contributed by atoms with Crippen LogP contribution in [0.25, 0.3) is 22.6 Å². The van der Waals surface area contributed by atoms with Gasteiger partial charge in [0.2, 0.25) is 0 Å². The minimum atomic E-state index is -0.161. The van der Waals surface area contributed by atoms with Gasteiger partial charge in [-0.3, -0.25) is 0 Å². The molecule has 2 aromatic heterocycles. The first kappa shape index (κ1) is 12.8. The molecule has 3 aromatic rings. The Morgan fingerprint density at radius 2 is 1.95 bits per heavy atom. The number of hydrogen-bond acceptors (Lipinski definition) is 4. The zero-order valence-corrected chi connectivity index (χ0v) is 11.2. The topological polar surface area (TPSA) is 74.7 Å². The van der Waals surface area contributed by atoms with Crippen molar-refractivity contribution in [2.75, 3.05) is 0 Å². The van der Waals surface area contributed by atoms with Gasteiger partial charge in [-0.05, 0) is 18.2 Å². The van der Waals surface area contributed by atoms with Gasteiger partial charge in [0.05, 0.1) is 17.1 Å². The summed E-state index contributed by atoms with van der Waals surface area (Å²) >= 11 is 5.90. The van der Waals surface area contributed by atoms with Crippen LogP contribution in [0.2, 0.25) is 5.02 Å². The summed E-state index contributed by atoms with van der Waals surface area (Å²) in [5.41, 5.74) is 3.10. The lowest BCUT2D eigenvalue weighted by molar-refractivity contribution is 0.272. The van der Waals surface area contributed by atoms with Crippen LogP contribution < -0.4 is 0 Å². The number of nitrogens with one attached hydrogen (secondary N) is 1. The van der Waals surface area contributed by atoms with Crippen molar-refractivity contribution in [3.05, 3.63) is 53.7 Å². The van der Waals surface area contributed by atoms with E-state index in [9.17, 15) is 5.11 Å². The Balaban J connectivity index is 2.15. The van der Waals surface area contributed by atoms with E-state index in [1.807, 2.05) is 12.1 Å². The van der Waals surface area contributed by atoms with Gasteiger partial charge < -0.3 is 10.1 Å². The summed E-state index contributed by atoms with van der Waals surface area (Å²) in [6, 6.07) is 9.14. The summed E-state index contributed by atoms with van der Waals surface area (Å²) < 4.78 is 0. The van der Waals surface area contributed by atoms with Crippen LogP contribution in [0.5, 0.6) is 0 Å². The number of imidazole rings is 1. The van der Waals surface area contributed by atoms with Gasteiger partial charge in [-0.2, -0.15) is 0 Å². The highest BCUT2D eigenvalue weighted by atomic mass is 35.5. The third-order valence-corrected chi connectivity index (χ3v) is 3.11. The minimum Gasteiger partial charge on any atom is -0.388 e. The summed E-state index contributed by atoms with van der Waals surface area (Å²) in [6.07, 6.45) is 3.13. The summed E-state index contributed by atoms with van der Waals surface area (Å²) in [7, 11) is 0. The second-order valence-electron chi connectivity index (χ2n) is 4.17. The fraction of sp³-hybridized carbons (Fsp3) is 0.0714. The van der Waals surface area contributed by atoms with Crippen molar-refractivity contribution in [3.63, 3.8) is 0 Å². The first-order valence-corrected chi connectivity index (χ1v) is 6.38. The van der Waals surface area contributed by atoms with Crippen molar-refractivity contribution in [1.82, 2.24) is 19.9 Å². The van der Waals surface area contributed by atoms with E-state index in [1.165, 1.54) is 6.33 Å². The second kappa shape index (κ2) is 5.40. The van der Waals surface area contributed by atoms with Gasteiger partial charge >= 0.3 is 0 Å². The number of rotatable bonds is 3. The van der Waals surface area contributed by atoms with Crippen LogP contribution in [0, 0.1) is 0 Å². The highest BCUT2D eigenvalue weighted by molar-refractivity contribution is 6.30. The van der Waals surface area contributed by atoms with Crippen molar-refractivity contribution < 1.29 is 5.11 Å². The number of aliphatic hydroxyl groups is 1. The zero-order valence-electron chi connectivity index (χ0n) is 10.4. The van der Waals surface area contributed by atoms with E-state index in [2.05, 4.69) is 19.9 Å². The molecule has 0 aliphatic heterocycles. The van der Waals surface area contributed by atoms with Gasteiger partial charge in [-0.1, -0.05) is 23.7 Å². The van der Waals surface area contributed by atoms with Crippen molar-refractivity contribution in [1.29, 1.82) is 0 Å². The minimum absolute atomic E-state index is 0.161. The molecule has 2 heterocycles. The molecule has 6 heteroatoms. The van der Waals surface area contributed by atoms with Gasteiger partial charge in [0.15, 0.2) is 0 Å². The Hall–Kier alpha value is -2.24. The summed E-state index contributed by atoms with van der Waals surface area (Å²) in [4.78, 5) is 15.6. The van der Waals surface area contributed by atoms with Crippen molar-refractivity contribution in [2.24, 2.45) is 0 Å². The molecule has 1 aromatic carbocycles. The molecule has 3 rings (SSSR count). The number of hydrogen-bond donors (Lipinski definition) is 2. The standard InChI is InChI=1S/C14H11ClN4O/c15-10-3-1-9(2-4-10)13-14(19-12(7-20)18-13)11-5-6-16-8-17-11/h1-6,8,20H,7H2,(H,18,19). The molecular weight excluding hydrogens is 276 g/mol. The van der Waals surface area contributed by atoms with E-state index in [-0.39, 0.29) is 6.61 Å². The quantitative estimate of drug-likeness (QED) is 0.776. The van der Waals surface area contributed by atoms with E-state index in [1.54, 1.807) is 24.4 Å². The fourth-order valence-electron chi connectivity index (χ4n) is 1.94. The summed E-state index contributed by atoms with van der Waals surface area (Å²) in [5, 5.41) is 9.93. The smallest absolute Gasteiger partial charge is 0.133 e. The number of H-pyrrole nitrogens is 1. The van der Waals surface area contributed by atoms with Gasteiger partial charge in [0.25, 0.3) is 0 Å². The van der Waals surface area contributed by atoms with Crippen LogP contribution in [0.1, 0.15) is 5.82 Å². The van der Waals surface area contributed by atoms with Gasteiger partial charge in [0.1, 0.15) is 18.8 Å². The highest BCUT2D eigenvalue weighted by Crippen LogP contribution is 2.29. The van der Waals surface area contributed by atoms with Gasteiger partial charge in [-0.15, -0.1) is 0 Å². The van der Waals surface area contributed by atoms with E-state index < -0.39 is 0 Å². The molecule has 0 saturated carbocycles. The predicted molar refractivity (Wildman–Crippen MR) is 76.0 cm³/mol. The van der Waals surface area contributed by atoms with Crippen LogP contribution in [-0.4, -0.2) is 25.0 Å². The molecule has 0 unspecified atom stereocenters. The second-order valence-corrected chi connectivity index (χ2v) is 4.60. The largest absolute Gasteiger partial charge is 0.388 e. The van der Waals surface area contributed by atoms with Gasteiger partial charge in [0, 0.05) is 16.8 Å². The molecular formula is C14H11ClN4O. The first-order valence-electron chi connectivity index (χ1n) is 6.00. The zero-order chi connectivity index (χ0) is 13.9. The SMILES string of the molecule is OCc1nc(-c2ccc(Cl)cc2)c(-c2ccncn2)[nH]1. The van der Waals surface area contributed by atoms with Crippen LogP contribution in [0.3, 0.4) is 0 Å². The monoisotopic (exact) mass is 286 g/mol. The molecule has 0 atom stereocenters. The molecule has 0 bridgehead atoms. The summed E-state index contributed by atoms with van der Waals surface area (Å²) in [5.74, 6) is 0.489. The van der Waals surface area contributed by atoms with Crippen LogP contribution >= 0.6 is 11.6 Å². The van der Waals surface area contributed by atoms with Crippen molar-refractivity contribution >= 4 is 11.6 Å². The Morgan fingerprint density at radius 1 is 1.15 bits per heavy atom. The third-order valence-electron chi connectivity index (χ3n) is 2.86. The lowest BCUT2D eigenvalue weighted by Gasteiger charge is -2.02. The van der Waals surface area contributed by atoms with Crippen LogP contribution in [0.4, 0.5) is 0 Å². The first-order chi connectivity index (χ1) is 9.78. The Labute approximate surface area is 120 Å². The number of halogens is 1. The maximum atomic E-state index is 9.27. The number of aromatic nitrogens is 4. The molecule has 5 nitrogen and oxygen atoms in total. The molecule has 100 valence electrons. The molecule has 0 amide bonds. The average Bonchev–Trinajstić information content (AvgIpc) is 2.93. The molecule has 0 fully saturated rings. The van der Waals surface area contributed by atoms with Crippen LogP contribution in [-0.2, 0) is 6.61 Å². The molecule has 0 aliphatic carbocycles. The average molecular weight is 287 g/mol. The van der Waals surface area contributed by atoms with E-state index in [0.717, 1.165) is 22.6 Å². The van der Waals surface area contributed by atoms with E-state index >= 15 is 0 Å². The Kier molecular flexibility index (Phi) is 3.45. The van der Waals surface area contributed by atoms with Crippen LogP contribution in [0.15, 0.2) is 42.9 Å². The number of aromatic amines is 1. The fourth-order valence-corrected chi connectivity index (χ4v) is 2.06. The molecule has 0 saturated heterocycles.